The second kappa shape index (κ2) is 7.21. The van der Waals surface area contributed by atoms with Gasteiger partial charge in [0, 0.05) is 22.7 Å². The molecule has 2 aromatic rings. The maximum atomic E-state index is 12.0. The Kier molecular flexibility index (Phi) is 5.31. The molecule has 8 heteroatoms. The Bertz CT molecular complexity index is 806. The zero-order valence-electron chi connectivity index (χ0n) is 11.9. The van der Waals surface area contributed by atoms with Gasteiger partial charge in [-0.05, 0) is 25.1 Å². The predicted molar refractivity (Wildman–Crippen MR) is 89.2 cm³/mol. The molecule has 1 amide bonds. The van der Waals surface area contributed by atoms with Crippen LogP contribution in [0.1, 0.15) is 22.8 Å². The van der Waals surface area contributed by atoms with Crippen molar-refractivity contribution in [1.29, 1.82) is 0 Å². The fourth-order valence-electron chi connectivity index (χ4n) is 1.78. The Balaban J connectivity index is 2.17. The van der Waals surface area contributed by atoms with Crippen molar-refractivity contribution in [3.63, 3.8) is 0 Å². The minimum atomic E-state index is -0.503. The lowest BCUT2D eigenvalue weighted by Gasteiger charge is -2.05. The van der Waals surface area contributed by atoms with Gasteiger partial charge in [0.2, 0.25) is 0 Å². The molecule has 0 heterocycles. The number of carbonyl (C=O) groups is 1. The lowest BCUT2D eigenvalue weighted by molar-refractivity contribution is -0.384. The van der Waals surface area contributed by atoms with E-state index in [1.165, 1.54) is 24.3 Å². The largest absolute Gasteiger partial charge is 0.272 e. The summed E-state index contributed by atoms with van der Waals surface area (Å²) in [4.78, 5) is 22.3. The molecule has 0 aliphatic heterocycles. The van der Waals surface area contributed by atoms with E-state index in [2.05, 4.69) is 10.5 Å². The smallest absolute Gasteiger partial charge is 0.267 e. The summed E-state index contributed by atoms with van der Waals surface area (Å²) in [6, 6.07) is 10.4. The summed E-state index contributed by atoms with van der Waals surface area (Å²) in [7, 11) is 0. The zero-order valence-corrected chi connectivity index (χ0v) is 13.4. The lowest BCUT2D eigenvalue weighted by atomic mass is 10.1. The molecule has 1 N–H and O–H groups in total. The van der Waals surface area contributed by atoms with E-state index in [9.17, 15) is 14.9 Å². The lowest BCUT2D eigenvalue weighted by Crippen LogP contribution is -2.19. The number of halogens is 2. The van der Waals surface area contributed by atoms with E-state index in [1.54, 1.807) is 25.1 Å². The van der Waals surface area contributed by atoms with Crippen molar-refractivity contribution in [2.75, 3.05) is 0 Å². The van der Waals surface area contributed by atoms with E-state index < -0.39 is 10.8 Å². The molecule has 23 heavy (non-hydrogen) atoms. The van der Waals surface area contributed by atoms with Gasteiger partial charge < -0.3 is 0 Å². The van der Waals surface area contributed by atoms with Gasteiger partial charge in [-0.25, -0.2) is 5.43 Å². The second-order valence-electron chi connectivity index (χ2n) is 4.57. The van der Waals surface area contributed by atoms with Gasteiger partial charge >= 0.3 is 0 Å². The number of hydrazone groups is 1. The van der Waals surface area contributed by atoms with Gasteiger partial charge in [0.05, 0.1) is 21.2 Å². The van der Waals surface area contributed by atoms with Crippen LogP contribution >= 0.6 is 23.2 Å². The maximum Gasteiger partial charge on any atom is 0.272 e. The molecule has 0 unspecified atom stereocenters. The van der Waals surface area contributed by atoms with E-state index in [4.69, 9.17) is 23.2 Å². The van der Waals surface area contributed by atoms with Crippen molar-refractivity contribution in [1.82, 2.24) is 5.43 Å². The van der Waals surface area contributed by atoms with Gasteiger partial charge in [-0.15, -0.1) is 0 Å². The summed E-state index contributed by atoms with van der Waals surface area (Å²) in [6.07, 6.45) is 0. The van der Waals surface area contributed by atoms with E-state index in [0.717, 1.165) is 0 Å². The molecule has 0 saturated carbocycles. The summed E-state index contributed by atoms with van der Waals surface area (Å²) < 4.78 is 0. The monoisotopic (exact) mass is 351 g/mol. The van der Waals surface area contributed by atoms with Gasteiger partial charge in [0.15, 0.2) is 0 Å². The molecule has 0 aromatic heterocycles. The molecule has 0 aliphatic rings. The fourth-order valence-corrected chi connectivity index (χ4v) is 2.27. The summed E-state index contributed by atoms with van der Waals surface area (Å²) in [5, 5.41) is 15.3. The number of rotatable bonds is 4. The van der Waals surface area contributed by atoms with Crippen molar-refractivity contribution >= 4 is 40.5 Å². The predicted octanol–water partition coefficient (Wildman–Crippen LogP) is 4.06. The number of non-ortho nitro benzene ring substituents is 1. The number of nitro benzene ring substituents is 1. The summed E-state index contributed by atoms with van der Waals surface area (Å²) in [6.45, 7) is 1.63. The molecular formula is C15H11Cl2N3O3. The highest BCUT2D eigenvalue weighted by molar-refractivity contribution is 6.36. The first-order valence-corrected chi connectivity index (χ1v) is 7.18. The highest BCUT2D eigenvalue weighted by atomic mass is 35.5. The number of nitrogens with zero attached hydrogens (tertiary/aromatic N) is 2. The third-order valence-electron chi connectivity index (χ3n) is 2.98. The van der Waals surface area contributed by atoms with Crippen molar-refractivity contribution in [3.05, 3.63) is 73.8 Å². The number of amides is 1. The third-order valence-corrected chi connectivity index (χ3v) is 3.52. The quantitative estimate of drug-likeness (QED) is 0.512. The van der Waals surface area contributed by atoms with Gasteiger partial charge in [0.25, 0.3) is 11.6 Å². The van der Waals surface area contributed by atoms with E-state index in [0.29, 0.717) is 16.3 Å². The molecule has 0 aliphatic carbocycles. The van der Waals surface area contributed by atoms with Gasteiger partial charge in [-0.1, -0.05) is 35.3 Å². The number of hydrogen-bond acceptors (Lipinski definition) is 4. The average molecular weight is 352 g/mol. The topological polar surface area (TPSA) is 84.6 Å². The van der Waals surface area contributed by atoms with E-state index >= 15 is 0 Å². The summed E-state index contributed by atoms with van der Waals surface area (Å²) >= 11 is 11.7. The van der Waals surface area contributed by atoms with Crippen molar-refractivity contribution < 1.29 is 9.72 Å². The molecule has 0 fully saturated rings. The SMILES string of the molecule is CC(=NNC(=O)c1ccc(Cl)cc1Cl)c1cccc([N+](=O)[O-])c1. The van der Waals surface area contributed by atoms with Gasteiger partial charge in [-0.2, -0.15) is 5.10 Å². The first-order valence-electron chi connectivity index (χ1n) is 6.43. The van der Waals surface area contributed by atoms with Crippen LogP contribution < -0.4 is 5.43 Å². The molecular weight excluding hydrogens is 341 g/mol. The Labute approximate surface area is 141 Å². The number of benzene rings is 2. The number of hydrogen-bond donors (Lipinski definition) is 1. The second-order valence-corrected chi connectivity index (χ2v) is 5.41. The number of carbonyl (C=O) groups excluding carboxylic acids is 1. The zero-order chi connectivity index (χ0) is 17.0. The first kappa shape index (κ1) is 16.9. The third kappa shape index (κ3) is 4.28. The molecule has 0 saturated heterocycles. The van der Waals surface area contributed by atoms with Crippen LogP contribution in [0, 0.1) is 10.1 Å². The van der Waals surface area contributed by atoms with E-state index in [-0.39, 0.29) is 16.3 Å². The van der Waals surface area contributed by atoms with Crippen molar-refractivity contribution in [2.24, 2.45) is 5.10 Å². The van der Waals surface area contributed by atoms with Gasteiger partial charge in [-0.3, -0.25) is 14.9 Å². The molecule has 0 bridgehead atoms. The average Bonchev–Trinajstić information content (AvgIpc) is 2.52. The normalized spacial score (nSPS) is 11.2. The van der Waals surface area contributed by atoms with Crippen LogP contribution in [0.25, 0.3) is 0 Å². The highest BCUT2D eigenvalue weighted by Gasteiger charge is 2.11. The van der Waals surface area contributed by atoms with Crippen molar-refractivity contribution in [3.8, 4) is 0 Å². The Morgan fingerprint density at radius 2 is 1.96 bits per heavy atom. The van der Waals surface area contributed by atoms with Crippen LogP contribution in [0.15, 0.2) is 47.6 Å². The Morgan fingerprint density at radius 1 is 1.22 bits per heavy atom. The molecule has 2 rings (SSSR count). The minimum Gasteiger partial charge on any atom is -0.267 e. The number of nitro groups is 1. The first-order chi connectivity index (χ1) is 10.9. The van der Waals surface area contributed by atoms with Crippen LogP contribution in [0.4, 0.5) is 5.69 Å². The highest BCUT2D eigenvalue weighted by Crippen LogP contribution is 2.21. The Morgan fingerprint density at radius 3 is 2.61 bits per heavy atom. The van der Waals surface area contributed by atoms with Crippen LogP contribution in [0.3, 0.4) is 0 Å². The summed E-state index contributed by atoms with van der Waals surface area (Å²) in [5.41, 5.74) is 3.49. The summed E-state index contributed by atoms with van der Waals surface area (Å²) in [5.74, 6) is -0.503. The molecule has 0 spiro atoms. The van der Waals surface area contributed by atoms with Crippen LogP contribution in [-0.2, 0) is 0 Å². The molecule has 0 radical (unpaired) electrons. The van der Waals surface area contributed by atoms with Crippen molar-refractivity contribution in [2.45, 2.75) is 6.92 Å². The molecule has 2 aromatic carbocycles. The molecule has 118 valence electrons. The Hall–Kier alpha value is -2.44. The van der Waals surface area contributed by atoms with E-state index in [1.807, 2.05) is 0 Å². The van der Waals surface area contributed by atoms with Gasteiger partial charge in [0.1, 0.15) is 0 Å². The minimum absolute atomic E-state index is 0.0517. The standard InChI is InChI=1S/C15H11Cl2N3O3/c1-9(10-3-2-4-12(7-10)20(22)23)18-19-15(21)13-6-5-11(16)8-14(13)17/h2-8H,1H3,(H,19,21). The van der Waals surface area contributed by atoms with Crippen LogP contribution in [0.2, 0.25) is 10.0 Å². The van der Waals surface area contributed by atoms with Crippen LogP contribution in [0.5, 0.6) is 0 Å². The van der Waals surface area contributed by atoms with Crippen LogP contribution in [-0.4, -0.2) is 16.5 Å². The fraction of sp³-hybridized carbons (Fsp3) is 0.0667. The number of nitrogens with one attached hydrogen (secondary N) is 1. The molecule has 0 atom stereocenters. The molecule has 6 nitrogen and oxygen atoms in total. The maximum absolute atomic E-state index is 12.0.